The van der Waals surface area contributed by atoms with Crippen molar-refractivity contribution in [2.24, 2.45) is 5.73 Å². The maximum Gasteiger partial charge on any atom is 0.244 e. The van der Waals surface area contributed by atoms with Crippen molar-refractivity contribution in [3.05, 3.63) is 14.7 Å². The molecular formula is C8H11BrN2O2S3. The lowest BCUT2D eigenvalue weighted by atomic mass is 10.5. The van der Waals surface area contributed by atoms with Crippen molar-refractivity contribution < 1.29 is 8.42 Å². The molecule has 0 bridgehead atoms. The Kier molecular flexibility index (Phi) is 4.47. The molecule has 1 aromatic rings. The van der Waals surface area contributed by atoms with Crippen LogP contribution in [0.5, 0.6) is 0 Å². The average molecular weight is 343 g/mol. The number of likely N-dealkylation sites (N-methyl/N-ethyl adjacent to an activating group) is 1. The molecule has 0 saturated heterocycles. The number of halogens is 1. The topological polar surface area (TPSA) is 63.4 Å². The highest BCUT2D eigenvalue weighted by Crippen LogP contribution is 2.30. The van der Waals surface area contributed by atoms with E-state index in [4.69, 9.17) is 18.0 Å². The number of rotatable bonds is 4. The number of nitrogens with two attached hydrogens (primary N) is 1. The van der Waals surface area contributed by atoms with Gasteiger partial charge in [-0.1, -0.05) is 12.2 Å². The van der Waals surface area contributed by atoms with Crippen molar-refractivity contribution in [1.29, 1.82) is 0 Å². The quantitative estimate of drug-likeness (QED) is 0.846. The minimum atomic E-state index is -3.50. The van der Waals surface area contributed by atoms with Crippen LogP contribution >= 0.6 is 39.5 Å². The summed E-state index contributed by atoms with van der Waals surface area (Å²) in [4.78, 5) is 1.18. The lowest BCUT2D eigenvalue weighted by molar-refractivity contribution is 0.506. The number of sulfonamides is 1. The summed E-state index contributed by atoms with van der Waals surface area (Å²) in [5.74, 6) is 0. The molecule has 1 heterocycles. The highest BCUT2D eigenvalue weighted by atomic mass is 79.9. The number of thiophene rings is 1. The zero-order valence-corrected chi connectivity index (χ0v) is 12.8. The molecule has 90 valence electrons. The van der Waals surface area contributed by atoms with Gasteiger partial charge in [-0.25, -0.2) is 8.42 Å². The van der Waals surface area contributed by atoms with E-state index in [9.17, 15) is 8.42 Å². The fourth-order valence-corrected chi connectivity index (χ4v) is 4.96. The lowest BCUT2D eigenvalue weighted by Gasteiger charge is -2.15. The van der Waals surface area contributed by atoms with Gasteiger partial charge in [0.05, 0.1) is 20.2 Å². The predicted molar refractivity (Wildman–Crippen MR) is 73.4 cm³/mol. The maximum absolute atomic E-state index is 12.1. The number of thiocarbonyl (C=S) groups is 1. The summed E-state index contributed by atoms with van der Waals surface area (Å²) in [6.45, 7) is 1.81. The van der Waals surface area contributed by atoms with E-state index in [2.05, 4.69) is 15.9 Å². The van der Waals surface area contributed by atoms with E-state index < -0.39 is 10.0 Å². The summed E-state index contributed by atoms with van der Waals surface area (Å²) in [5, 5.41) is 0. The maximum atomic E-state index is 12.1. The zero-order valence-electron chi connectivity index (χ0n) is 8.73. The van der Waals surface area contributed by atoms with Gasteiger partial charge in [0.2, 0.25) is 10.0 Å². The van der Waals surface area contributed by atoms with Crippen molar-refractivity contribution in [1.82, 2.24) is 4.31 Å². The van der Waals surface area contributed by atoms with Crippen molar-refractivity contribution in [2.75, 3.05) is 13.6 Å². The molecule has 0 atom stereocenters. The van der Waals surface area contributed by atoms with Gasteiger partial charge in [0.15, 0.2) is 0 Å². The molecule has 16 heavy (non-hydrogen) atoms. The molecule has 8 heteroatoms. The summed E-state index contributed by atoms with van der Waals surface area (Å²) in [6.07, 6.45) is 0. The molecule has 2 N–H and O–H groups in total. The van der Waals surface area contributed by atoms with E-state index in [0.29, 0.717) is 4.90 Å². The third kappa shape index (κ3) is 3.01. The van der Waals surface area contributed by atoms with Crippen LogP contribution in [0.1, 0.15) is 4.88 Å². The molecule has 0 aliphatic heterocycles. The van der Waals surface area contributed by atoms with Crippen molar-refractivity contribution in [2.45, 2.75) is 11.8 Å². The Morgan fingerprint density at radius 3 is 2.62 bits per heavy atom. The molecule has 0 radical (unpaired) electrons. The normalized spacial score (nSPS) is 12.0. The summed E-state index contributed by atoms with van der Waals surface area (Å²) >= 11 is 9.33. The molecule has 0 saturated carbocycles. The molecule has 0 spiro atoms. The number of hydrogen-bond donors (Lipinski definition) is 1. The minimum Gasteiger partial charge on any atom is -0.392 e. The first-order chi connectivity index (χ1) is 7.25. The molecule has 4 nitrogen and oxygen atoms in total. The molecule has 0 aromatic carbocycles. The van der Waals surface area contributed by atoms with Crippen LogP contribution in [0.2, 0.25) is 0 Å². The Bertz CT molecular complexity index is 509. The Hall–Kier alpha value is -0.0200. The number of hydrogen-bond acceptors (Lipinski definition) is 4. The molecule has 0 aliphatic carbocycles. The monoisotopic (exact) mass is 342 g/mol. The Morgan fingerprint density at radius 1 is 1.69 bits per heavy atom. The highest BCUT2D eigenvalue weighted by molar-refractivity contribution is 9.11. The van der Waals surface area contributed by atoms with E-state index in [1.54, 1.807) is 13.0 Å². The summed E-state index contributed by atoms with van der Waals surface area (Å²) in [6, 6.07) is 1.59. The Balaban J connectivity index is 3.11. The first kappa shape index (κ1) is 14.0. The van der Waals surface area contributed by atoms with Crippen LogP contribution in [0.4, 0.5) is 0 Å². The van der Waals surface area contributed by atoms with Crippen molar-refractivity contribution in [3.63, 3.8) is 0 Å². The Labute approximate surface area is 113 Å². The van der Waals surface area contributed by atoms with E-state index in [1.165, 1.54) is 18.4 Å². The SMILES string of the molecule is Cc1sc(Br)cc1S(=O)(=O)N(C)CC(N)=S. The molecule has 1 aromatic heterocycles. The molecular weight excluding hydrogens is 332 g/mol. The van der Waals surface area contributed by atoms with Crippen molar-refractivity contribution >= 4 is 54.5 Å². The predicted octanol–water partition coefficient (Wildman–Crippen LogP) is 1.73. The van der Waals surface area contributed by atoms with Gasteiger partial charge in [-0.15, -0.1) is 11.3 Å². The zero-order chi connectivity index (χ0) is 12.5. The minimum absolute atomic E-state index is 0.0462. The fraction of sp³-hybridized carbons (Fsp3) is 0.375. The first-order valence-electron chi connectivity index (χ1n) is 4.25. The van der Waals surface area contributed by atoms with Gasteiger partial charge in [-0.2, -0.15) is 4.31 Å². The Morgan fingerprint density at radius 2 is 2.25 bits per heavy atom. The van der Waals surface area contributed by atoms with Gasteiger partial charge < -0.3 is 5.73 Å². The second kappa shape index (κ2) is 5.09. The first-order valence-corrected chi connectivity index (χ1v) is 7.71. The largest absolute Gasteiger partial charge is 0.392 e. The number of aryl methyl sites for hydroxylation is 1. The smallest absolute Gasteiger partial charge is 0.244 e. The summed E-state index contributed by atoms with van der Waals surface area (Å²) in [5.41, 5.74) is 5.33. The van der Waals surface area contributed by atoms with Gasteiger partial charge >= 0.3 is 0 Å². The third-order valence-electron chi connectivity index (χ3n) is 1.91. The van der Waals surface area contributed by atoms with Crippen LogP contribution in [-0.4, -0.2) is 31.3 Å². The van der Waals surface area contributed by atoms with E-state index in [-0.39, 0.29) is 11.5 Å². The second-order valence-electron chi connectivity index (χ2n) is 3.20. The average Bonchev–Trinajstić information content (AvgIpc) is 2.44. The van der Waals surface area contributed by atoms with Crippen LogP contribution in [0, 0.1) is 6.92 Å². The molecule has 0 amide bonds. The second-order valence-corrected chi connectivity index (χ2v) is 8.37. The van der Waals surface area contributed by atoms with Gasteiger partial charge in [0.25, 0.3) is 0 Å². The standard InChI is InChI=1S/C8H11BrN2O2S3/c1-5-6(3-7(9)15-5)16(12,13)11(2)4-8(10)14/h3H,4H2,1-2H3,(H2,10,14). The van der Waals surface area contributed by atoms with E-state index in [0.717, 1.165) is 13.0 Å². The lowest BCUT2D eigenvalue weighted by Crippen LogP contribution is -2.34. The van der Waals surface area contributed by atoms with Gasteiger partial charge in [0, 0.05) is 11.9 Å². The fourth-order valence-electron chi connectivity index (χ4n) is 1.16. The molecule has 0 unspecified atom stereocenters. The van der Waals surface area contributed by atoms with Crippen LogP contribution in [0.25, 0.3) is 0 Å². The third-order valence-corrected chi connectivity index (χ3v) is 5.65. The van der Waals surface area contributed by atoms with Gasteiger partial charge in [-0.3, -0.25) is 0 Å². The summed E-state index contributed by atoms with van der Waals surface area (Å²) < 4.78 is 26.1. The number of nitrogens with zero attached hydrogens (tertiary/aromatic N) is 1. The van der Waals surface area contributed by atoms with Crippen molar-refractivity contribution in [3.8, 4) is 0 Å². The van der Waals surface area contributed by atoms with Gasteiger partial charge in [0.1, 0.15) is 0 Å². The van der Waals surface area contributed by atoms with E-state index in [1.807, 2.05) is 0 Å². The van der Waals surface area contributed by atoms with Crippen LogP contribution in [0.15, 0.2) is 14.7 Å². The van der Waals surface area contributed by atoms with Crippen LogP contribution < -0.4 is 5.73 Å². The highest BCUT2D eigenvalue weighted by Gasteiger charge is 2.24. The summed E-state index contributed by atoms with van der Waals surface area (Å²) in [7, 11) is -2.04. The van der Waals surface area contributed by atoms with Gasteiger partial charge in [-0.05, 0) is 28.9 Å². The molecule has 1 rings (SSSR count). The molecule has 0 aliphatic rings. The molecule has 0 fully saturated rings. The van der Waals surface area contributed by atoms with Crippen LogP contribution in [-0.2, 0) is 10.0 Å². The van der Waals surface area contributed by atoms with Crippen LogP contribution in [0.3, 0.4) is 0 Å². The van der Waals surface area contributed by atoms with E-state index >= 15 is 0 Å².